The van der Waals surface area contributed by atoms with Gasteiger partial charge < -0.3 is 9.73 Å². The van der Waals surface area contributed by atoms with Crippen molar-refractivity contribution in [2.75, 3.05) is 0 Å². The zero-order valence-electron chi connectivity index (χ0n) is 9.24. The van der Waals surface area contributed by atoms with E-state index < -0.39 is 0 Å². The van der Waals surface area contributed by atoms with Gasteiger partial charge in [-0.15, -0.1) is 0 Å². The van der Waals surface area contributed by atoms with Gasteiger partial charge in [0.05, 0.1) is 6.04 Å². The van der Waals surface area contributed by atoms with Crippen molar-refractivity contribution in [3.05, 3.63) is 45.0 Å². The fourth-order valence-electron chi connectivity index (χ4n) is 1.64. The molecule has 2 atom stereocenters. The van der Waals surface area contributed by atoms with Crippen molar-refractivity contribution < 1.29 is 4.42 Å². The Hall–Kier alpha value is -0.580. The molecule has 0 aromatic carbocycles. The van der Waals surface area contributed by atoms with Crippen molar-refractivity contribution in [3.8, 4) is 0 Å². The largest absolute Gasteiger partial charge is 0.453 e. The van der Waals surface area contributed by atoms with Gasteiger partial charge in [-0.1, -0.05) is 0 Å². The number of furan rings is 1. The van der Waals surface area contributed by atoms with E-state index in [1.807, 2.05) is 12.1 Å². The van der Waals surface area contributed by atoms with Crippen LogP contribution in [-0.4, -0.2) is 0 Å². The predicted molar refractivity (Wildman–Crippen MR) is 70.7 cm³/mol. The standard InChI is InChI=1S/C12H14BrNOS/c1-8(10-5-6-16-7-10)14-9(2)11-3-4-12(13)15-11/h3-9,14H,1-2H3. The van der Waals surface area contributed by atoms with Gasteiger partial charge in [-0.25, -0.2) is 0 Å². The van der Waals surface area contributed by atoms with Crippen LogP contribution in [0.2, 0.25) is 0 Å². The normalized spacial score (nSPS) is 14.9. The molecule has 86 valence electrons. The molecule has 0 saturated heterocycles. The monoisotopic (exact) mass is 299 g/mol. The smallest absolute Gasteiger partial charge is 0.169 e. The van der Waals surface area contributed by atoms with Crippen molar-refractivity contribution in [3.63, 3.8) is 0 Å². The summed E-state index contributed by atoms with van der Waals surface area (Å²) in [7, 11) is 0. The Morgan fingerprint density at radius 3 is 2.62 bits per heavy atom. The summed E-state index contributed by atoms with van der Waals surface area (Å²) in [5, 5.41) is 7.77. The van der Waals surface area contributed by atoms with Crippen LogP contribution in [-0.2, 0) is 0 Å². The first-order valence-corrected chi connectivity index (χ1v) is 6.94. The van der Waals surface area contributed by atoms with Crippen molar-refractivity contribution in [2.24, 2.45) is 0 Å². The Morgan fingerprint density at radius 1 is 1.25 bits per heavy atom. The summed E-state index contributed by atoms with van der Waals surface area (Å²) in [6, 6.07) is 6.60. The average Bonchev–Trinajstić information content (AvgIpc) is 2.87. The fraction of sp³-hybridized carbons (Fsp3) is 0.333. The molecule has 0 aliphatic carbocycles. The van der Waals surface area contributed by atoms with Crippen molar-refractivity contribution in [1.29, 1.82) is 0 Å². The minimum Gasteiger partial charge on any atom is -0.453 e. The highest BCUT2D eigenvalue weighted by atomic mass is 79.9. The molecule has 0 spiro atoms. The zero-order chi connectivity index (χ0) is 11.5. The van der Waals surface area contributed by atoms with Gasteiger partial charge in [0.15, 0.2) is 4.67 Å². The lowest BCUT2D eigenvalue weighted by atomic mass is 10.1. The minimum absolute atomic E-state index is 0.209. The number of thiophene rings is 1. The number of nitrogens with one attached hydrogen (secondary N) is 1. The molecule has 2 rings (SSSR count). The molecule has 2 nitrogen and oxygen atoms in total. The van der Waals surface area contributed by atoms with Gasteiger partial charge in [0.1, 0.15) is 5.76 Å². The molecule has 1 N–H and O–H groups in total. The van der Waals surface area contributed by atoms with Crippen molar-refractivity contribution in [2.45, 2.75) is 25.9 Å². The summed E-state index contributed by atoms with van der Waals surface area (Å²) in [6.45, 7) is 4.27. The third kappa shape index (κ3) is 2.75. The molecule has 16 heavy (non-hydrogen) atoms. The van der Waals surface area contributed by atoms with Gasteiger partial charge >= 0.3 is 0 Å². The first-order valence-electron chi connectivity index (χ1n) is 5.20. The van der Waals surface area contributed by atoms with Crippen LogP contribution in [0.3, 0.4) is 0 Å². The van der Waals surface area contributed by atoms with Gasteiger partial charge in [0.2, 0.25) is 0 Å². The van der Waals surface area contributed by atoms with Gasteiger partial charge in [-0.3, -0.25) is 0 Å². The molecule has 0 bridgehead atoms. The molecule has 0 saturated carbocycles. The first kappa shape index (κ1) is 11.9. The molecule has 0 aliphatic rings. The second-order valence-electron chi connectivity index (χ2n) is 3.81. The maximum Gasteiger partial charge on any atom is 0.169 e. The van der Waals surface area contributed by atoms with Crippen LogP contribution >= 0.6 is 27.3 Å². The van der Waals surface area contributed by atoms with Crippen LogP contribution < -0.4 is 5.32 Å². The van der Waals surface area contributed by atoms with Gasteiger partial charge in [-0.05, 0) is 64.3 Å². The lowest BCUT2D eigenvalue weighted by Gasteiger charge is -2.17. The van der Waals surface area contributed by atoms with Crippen molar-refractivity contribution in [1.82, 2.24) is 5.32 Å². The summed E-state index contributed by atoms with van der Waals surface area (Å²) in [5.74, 6) is 0.953. The molecular weight excluding hydrogens is 286 g/mol. The fourth-order valence-corrected chi connectivity index (χ4v) is 2.71. The Kier molecular flexibility index (Phi) is 3.84. The summed E-state index contributed by atoms with van der Waals surface area (Å²) in [4.78, 5) is 0. The third-order valence-electron chi connectivity index (χ3n) is 2.56. The maximum absolute atomic E-state index is 5.52. The van der Waals surface area contributed by atoms with E-state index in [4.69, 9.17) is 4.42 Å². The summed E-state index contributed by atoms with van der Waals surface area (Å²) < 4.78 is 6.30. The predicted octanol–water partition coefficient (Wildman–Crippen LogP) is 4.52. The molecule has 2 unspecified atom stereocenters. The van der Waals surface area contributed by atoms with E-state index in [-0.39, 0.29) is 6.04 Å². The van der Waals surface area contributed by atoms with Crippen LogP contribution in [0.4, 0.5) is 0 Å². The number of hydrogen-bond acceptors (Lipinski definition) is 3. The van der Waals surface area contributed by atoms with Crippen LogP contribution in [0.25, 0.3) is 0 Å². The van der Waals surface area contributed by atoms with E-state index in [9.17, 15) is 0 Å². The van der Waals surface area contributed by atoms with E-state index in [0.717, 1.165) is 10.4 Å². The molecular formula is C12H14BrNOS. The Labute approximate surface area is 108 Å². The van der Waals surface area contributed by atoms with E-state index in [1.165, 1.54) is 5.56 Å². The summed E-state index contributed by atoms with van der Waals surface area (Å²) >= 11 is 5.04. The molecule has 2 heterocycles. The van der Waals surface area contributed by atoms with E-state index in [2.05, 4.69) is 51.9 Å². The summed E-state index contributed by atoms with van der Waals surface area (Å²) in [5.41, 5.74) is 1.32. The number of hydrogen-bond donors (Lipinski definition) is 1. The van der Waals surface area contributed by atoms with Crippen LogP contribution in [0.1, 0.15) is 37.3 Å². The van der Waals surface area contributed by atoms with Gasteiger partial charge in [0, 0.05) is 6.04 Å². The Balaban J connectivity index is 2.00. The molecule has 4 heteroatoms. The van der Waals surface area contributed by atoms with Crippen molar-refractivity contribution >= 4 is 27.3 Å². The van der Waals surface area contributed by atoms with Crippen LogP contribution in [0, 0.1) is 0 Å². The van der Waals surface area contributed by atoms with Crippen LogP contribution in [0.5, 0.6) is 0 Å². The minimum atomic E-state index is 0.209. The Morgan fingerprint density at radius 2 is 2.06 bits per heavy atom. The lowest BCUT2D eigenvalue weighted by Crippen LogP contribution is -2.21. The Bertz CT molecular complexity index is 438. The molecule has 2 aromatic heterocycles. The quantitative estimate of drug-likeness (QED) is 0.898. The topological polar surface area (TPSA) is 25.2 Å². The molecule has 0 amide bonds. The maximum atomic E-state index is 5.52. The highest BCUT2D eigenvalue weighted by Gasteiger charge is 2.13. The van der Waals surface area contributed by atoms with E-state index >= 15 is 0 Å². The number of halogens is 1. The van der Waals surface area contributed by atoms with E-state index in [1.54, 1.807) is 11.3 Å². The van der Waals surface area contributed by atoms with Crippen LogP contribution in [0.15, 0.2) is 38.0 Å². The number of rotatable bonds is 4. The SMILES string of the molecule is CC(NC(C)c1ccc(Br)o1)c1ccsc1. The average molecular weight is 300 g/mol. The molecule has 2 aromatic rings. The highest BCUT2D eigenvalue weighted by molar-refractivity contribution is 9.10. The molecule has 0 aliphatic heterocycles. The second-order valence-corrected chi connectivity index (χ2v) is 5.37. The first-order chi connectivity index (χ1) is 7.66. The molecule has 0 radical (unpaired) electrons. The van der Waals surface area contributed by atoms with Gasteiger partial charge in [0.25, 0.3) is 0 Å². The molecule has 0 fully saturated rings. The zero-order valence-corrected chi connectivity index (χ0v) is 11.6. The van der Waals surface area contributed by atoms with Gasteiger partial charge in [-0.2, -0.15) is 11.3 Å². The third-order valence-corrected chi connectivity index (χ3v) is 3.69. The van der Waals surface area contributed by atoms with E-state index in [0.29, 0.717) is 6.04 Å². The second kappa shape index (κ2) is 5.17. The summed E-state index contributed by atoms with van der Waals surface area (Å²) in [6.07, 6.45) is 0. The highest BCUT2D eigenvalue weighted by Crippen LogP contribution is 2.24. The lowest BCUT2D eigenvalue weighted by molar-refractivity contribution is 0.394.